The molecule has 0 radical (unpaired) electrons. The average Bonchev–Trinajstić information content (AvgIpc) is 2.68. The van der Waals surface area contributed by atoms with Crippen LogP contribution >= 0.6 is 11.6 Å². The molecule has 0 heterocycles. The first-order valence-corrected chi connectivity index (χ1v) is 8.07. The molecule has 3 rings (SSSR count). The van der Waals surface area contributed by atoms with Crippen LogP contribution < -0.4 is 0 Å². The van der Waals surface area contributed by atoms with Crippen molar-refractivity contribution in [2.24, 2.45) is 0 Å². The molecule has 2 nitrogen and oxygen atoms in total. The van der Waals surface area contributed by atoms with Crippen LogP contribution in [0.3, 0.4) is 0 Å². The summed E-state index contributed by atoms with van der Waals surface area (Å²) in [4.78, 5) is 0. The van der Waals surface area contributed by atoms with E-state index in [-0.39, 0.29) is 5.57 Å². The van der Waals surface area contributed by atoms with Crippen LogP contribution in [0.2, 0.25) is 5.02 Å². The summed E-state index contributed by atoms with van der Waals surface area (Å²) in [7, 11) is 0. The summed E-state index contributed by atoms with van der Waals surface area (Å²) in [5, 5.41) is 19.3. The molecule has 0 aliphatic heterocycles. The first-order valence-electron chi connectivity index (χ1n) is 7.69. The van der Waals surface area contributed by atoms with Crippen LogP contribution in [-0.4, -0.2) is 0 Å². The van der Waals surface area contributed by atoms with Crippen molar-refractivity contribution in [1.82, 2.24) is 0 Å². The summed E-state index contributed by atoms with van der Waals surface area (Å²) in [6.07, 6.45) is 0. The average molecular weight is 341 g/mol. The van der Waals surface area contributed by atoms with Gasteiger partial charge < -0.3 is 0 Å². The minimum Gasteiger partial charge on any atom is -0.192 e. The maximum absolute atomic E-state index is 9.35. The molecule has 3 aromatic rings. The van der Waals surface area contributed by atoms with Crippen LogP contribution in [-0.2, 0) is 0 Å². The van der Waals surface area contributed by atoms with E-state index in [0.717, 1.165) is 22.3 Å². The van der Waals surface area contributed by atoms with Crippen LogP contribution in [0.5, 0.6) is 0 Å². The molecule has 0 aliphatic rings. The Morgan fingerprint density at radius 2 is 1.12 bits per heavy atom. The van der Waals surface area contributed by atoms with Crippen LogP contribution in [0.25, 0.3) is 16.7 Å². The van der Waals surface area contributed by atoms with Crippen LogP contribution in [0.1, 0.15) is 11.1 Å². The van der Waals surface area contributed by atoms with Gasteiger partial charge in [-0.25, -0.2) is 0 Å². The van der Waals surface area contributed by atoms with E-state index in [4.69, 9.17) is 11.6 Å². The van der Waals surface area contributed by atoms with E-state index in [2.05, 4.69) is 0 Å². The normalized spacial score (nSPS) is 9.72. The fourth-order valence-electron chi connectivity index (χ4n) is 2.67. The molecular weight excluding hydrogens is 328 g/mol. The van der Waals surface area contributed by atoms with E-state index < -0.39 is 0 Å². The molecular formula is C22H13ClN2. The largest absolute Gasteiger partial charge is 0.192 e. The lowest BCUT2D eigenvalue weighted by atomic mass is 9.92. The van der Waals surface area contributed by atoms with Crippen molar-refractivity contribution >= 4 is 17.2 Å². The smallest absolute Gasteiger partial charge is 0.138 e. The van der Waals surface area contributed by atoms with Crippen molar-refractivity contribution in [3.63, 3.8) is 0 Å². The molecule has 0 unspecified atom stereocenters. The van der Waals surface area contributed by atoms with Crippen LogP contribution in [0.4, 0.5) is 0 Å². The van der Waals surface area contributed by atoms with Gasteiger partial charge in [-0.15, -0.1) is 0 Å². The van der Waals surface area contributed by atoms with Gasteiger partial charge in [0.25, 0.3) is 0 Å². The summed E-state index contributed by atoms with van der Waals surface area (Å²) >= 11 is 5.95. The number of nitrogens with zero attached hydrogens (tertiary/aromatic N) is 2. The first kappa shape index (κ1) is 16.5. The van der Waals surface area contributed by atoms with Gasteiger partial charge in [0.2, 0.25) is 0 Å². The van der Waals surface area contributed by atoms with Crippen molar-refractivity contribution in [2.45, 2.75) is 0 Å². The molecule has 0 saturated carbocycles. The molecule has 25 heavy (non-hydrogen) atoms. The molecule has 3 aromatic carbocycles. The molecule has 0 aliphatic carbocycles. The maximum atomic E-state index is 9.35. The Hall–Kier alpha value is -3.33. The Labute approximate surface area is 151 Å². The number of hydrogen-bond acceptors (Lipinski definition) is 2. The van der Waals surface area contributed by atoms with Crippen molar-refractivity contribution in [3.05, 3.63) is 101 Å². The molecule has 0 N–H and O–H groups in total. The van der Waals surface area contributed by atoms with Crippen molar-refractivity contribution in [2.75, 3.05) is 0 Å². The van der Waals surface area contributed by atoms with Gasteiger partial charge >= 0.3 is 0 Å². The fourth-order valence-corrected chi connectivity index (χ4v) is 2.79. The maximum Gasteiger partial charge on any atom is 0.138 e. The lowest BCUT2D eigenvalue weighted by molar-refractivity contribution is 1.44. The fraction of sp³-hybridized carbons (Fsp3) is 0. The second-order valence-electron chi connectivity index (χ2n) is 5.42. The Balaban J connectivity index is 2.09. The second-order valence-corrected chi connectivity index (χ2v) is 5.86. The number of rotatable bonds is 3. The third kappa shape index (κ3) is 3.61. The van der Waals surface area contributed by atoms with Crippen molar-refractivity contribution in [3.8, 4) is 23.3 Å². The highest BCUT2D eigenvalue weighted by molar-refractivity contribution is 6.30. The Morgan fingerprint density at radius 3 is 1.64 bits per heavy atom. The van der Waals surface area contributed by atoms with E-state index >= 15 is 0 Å². The zero-order valence-electron chi connectivity index (χ0n) is 13.3. The summed E-state index contributed by atoms with van der Waals surface area (Å²) in [5.74, 6) is 0. The number of benzene rings is 3. The van der Waals surface area contributed by atoms with Gasteiger partial charge in [0, 0.05) is 10.6 Å². The molecule has 0 fully saturated rings. The van der Waals surface area contributed by atoms with Crippen molar-refractivity contribution < 1.29 is 0 Å². The molecule has 0 spiro atoms. The van der Waals surface area contributed by atoms with Gasteiger partial charge in [0.05, 0.1) is 0 Å². The molecule has 118 valence electrons. The molecule has 3 heteroatoms. The SMILES string of the molecule is N#CC(C#N)=C(c1ccc(Cl)cc1)c1ccc(-c2ccccc2)cc1. The van der Waals surface area contributed by atoms with Gasteiger partial charge in [0.15, 0.2) is 0 Å². The van der Waals surface area contributed by atoms with E-state index in [1.54, 1.807) is 12.1 Å². The highest BCUT2D eigenvalue weighted by Gasteiger charge is 2.12. The predicted octanol–water partition coefficient (Wildman–Crippen LogP) is 5.86. The molecule has 0 bridgehead atoms. The summed E-state index contributed by atoms with van der Waals surface area (Å²) in [5.41, 5.74) is 4.49. The third-order valence-electron chi connectivity index (χ3n) is 3.89. The Kier molecular flexibility index (Phi) is 4.95. The standard InChI is InChI=1S/C22H13ClN2/c23-21-12-10-19(11-13-21)22(20(14-24)15-25)18-8-6-17(7-9-18)16-4-2-1-3-5-16/h1-13H. The lowest BCUT2D eigenvalue weighted by Crippen LogP contribution is -1.93. The first-order chi connectivity index (χ1) is 12.2. The summed E-state index contributed by atoms with van der Waals surface area (Å²) < 4.78 is 0. The van der Waals surface area contributed by atoms with E-state index in [1.165, 1.54) is 0 Å². The third-order valence-corrected chi connectivity index (χ3v) is 4.14. The highest BCUT2D eigenvalue weighted by atomic mass is 35.5. The monoisotopic (exact) mass is 340 g/mol. The van der Waals surface area contributed by atoms with Gasteiger partial charge in [0.1, 0.15) is 17.7 Å². The zero-order valence-corrected chi connectivity index (χ0v) is 14.0. The van der Waals surface area contributed by atoms with Gasteiger partial charge in [-0.1, -0.05) is 78.3 Å². The quantitative estimate of drug-likeness (QED) is 0.561. The number of nitriles is 2. The number of halogens is 1. The number of hydrogen-bond donors (Lipinski definition) is 0. The summed E-state index contributed by atoms with van der Waals surface area (Å²) in [6.45, 7) is 0. The molecule has 0 saturated heterocycles. The van der Waals surface area contributed by atoms with Gasteiger partial charge in [-0.3, -0.25) is 0 Å². The van der Waals surface area contributed by atoms with E-state index in [0.29, 0.717) is 10.6 Å². The van der Waals surface area contributed by atoms with Crippen LogP contribution in [0, 0.1) is 22.7 Å². The summed E-state index contributed by atoms with van der Waals surface area (Å²) in [6, 6.07) is 29.0. The van der Waals surface area contributed by atoms with Gasteiger partial charge in [-0.05, 0) is 34.4 Å². The lowest BCUT2D eigenvalue weighted by Gasteiger charge is -2.10. The Bertz CT molecular complexity index is 971. The highest BCUT2D eigenvalue weighted by Crippen LogP contribution is 2.29. The van der Waals surface area contributed by atoms with Crippen molar-refractivity contribution in [1.29, 1.82) is 10.5 Å². The Morgan fingerprint density at radius 1 is 0.640 bits per heavy atom. The number of allylic oxidation sites excluding steroid dienone is 1. The second kappa shape index (κ2) is 7.49. The zero-order chi connectivity index (χ0) is 17.6. The predicted molar refractivity (Wildman–Crippen MR) is 101 cm³/mol. The van der Waals surface area contributed by atoms with E-state index in [9.17, 15) is 10.5 Å². The van der Waals surface area contributed by atoms with Crippen LogP contribution in [0.15, 0.2) is 84.4 Å². The van der Waals surface area contributed by atoms with Gasteiger partial charge in [-0.2, -0.15) is 10.5 Å². The minimum atomic E-state index is 0.0785. The molecule has 0 aromatic heterocycles. The minimum absolute atomic E-state index is 0.0785. The van der Waals surface area contributed by atoms with E-state index in [1.807, 2.05) is 78.9 Å². The molecule has 0 amide bonds. The molecule has 0 atom stereocenters. The topological polar surface area (TPSA) is 47.6 Å².